The summed E-state index contributed by atoms with van der Waals surface area (Å²) >= 11 is 11.8. The Morgan fingerprint density at radius 1 is 1.08 bits per heavy atom. The standard InChI is InChI=1S/C17H17Cl2NO4S/c1-2-24-17(21)12-20(11-13-6-8-14(18)9-7-13)25(22,23)16-5-3-4-15(19)10-16/h3-10H,2,11-12H2,1H3. The number of nitrogens with zero attached hydrogens (tertiary/aromatic N) is 1. The first-order valence-electron chi connectivity index (χ1n) is 7.48. The van der Waals surface area contributed by atoms with Crippen LogP contribution in [0.5, 0.6) is 0 Å². The van der Waals surface area contributed by atoms with Crippen LogP contribution in [0.25, 0.3) is 0 Å². The number of carbonyl (C=O) groups is 1. The van der Waals surface area contributed by atoms with E-state index in [2.05, 4.69) is 0 Å². The maximum absolute atomic E-state index is 12.9. The first-order valence-corrected chi connectivity index (χ1v) is 9.68. The van der Waals surface area contributed by atoms with Crippen molar-refractivity contribution in [3.63, 3.8) is 0 Å². The normalized spacial score (nSPS) is 11.5. The predicted octanol–water partition coefficient (Wildman–Crippen LogP) is 3.75. The second kappa shape index (κ2) is 8.67. The molecule has 0 saturated heterocycles. The average molecular weight is 402 g/mol. The third kappa shape index (κ3) is 5.44. The van der Waals surface area contributed by atoms with Crippen LogP contribution in [0, 0.1) is 0 Å². The Morgan fingerprint density at radius 3 is 2.36 bits per heavy atom. The van der Waals surface area contributed by atoms with Crippen LogP contribution < -0.4 is 0 Å². The lowest BCUT2D eigenvalue weighted by Crippen LogP contribution is -2.36. The van der Waals surface area contributed by atoms with Gasteiger partial charge in [-0.1, -0.05) is 41.4 Å². The highest BCUT2D eigenvalue weighted by Gasteiger charge is 2.27. The maximum Gasteiger partial charge on any atom is 0.321 e. The van der Waals surface area contributed by atoms with Gasteiger partial charge in [0.05, 0.1) is 11.5 Å². The number of hydrogen-bond donors (Lipinski definition) is 0. The quantitative estimate of drug-likeness (QED) is 0.662. The van der Waals surface area contributed by atoms with Gasteiger partial charge in [-0.15, -0.1) is 0 Å². The van der Waals surface area contributed by atoms with Gasteiger partial charge in [-0.05, 0) is 42.8 Å². The molecule has 0 amide bonds. The lowest BCUT2D eigenvalue weighted by Gasteiger charge is -2.21. The molecule has 0 unspecified atom stereocenters. The van der Waals surface area contributed by atoms with E-state index >= 15 is 0 Å². The van der Waals surface area contributed by atoms with E-state index in [0.29, 0.717) is 15.6 Å². The largest absolute Gasteiger partial charge is 0.465 e. The van der Waals surface area contributed by atoms with E-state index in [1.165, 1.54) is 12.1 Å². The van der Waals surface area contributed by atoms with Crippen LogP contribution in [0.1, 0.15) is 12.5 Å². The molecule has 0 saturated carbocycles. The van der Waals surface area contributed by atoms with Gasteiger partial charge in [-0.3, -0.25) is 4.79 Å². The van der Waals surface area contributed by atoms with Gasteiger partial charge in [0.2, 0.25) is 10.0 Å². The van der Waals surface area contributed by atoms with Gasteiger partial charge in [-0.25, -0.2) is 8.42 Å². The summed E-state index contributed by atoms with van der Waals surface area (Å²) in [5.74, 6) is -0.623. The molecule has 0 heterocycles. The molecule has 0 aliphatic rings. The fraction of sp³-hybridized carbons (Fsp3) is 0.235. The third-order valence-corrected chi connectivity index (χ3v) is 5.59. The van der Waals surface area contributed by atoms with Gasteiger partial charge in [0, 0.05) is 16.6 Å². The van der Waals surface area contributed by atoms with Crippen LogP contribution >= 0.6 is 23.2 Å². The summed E-state index contributed by atoms with van der Waals surface area (Å²) in [6, 6.07) is 12.6. The van der Waals surface area contributed by atoms with E-state index in [-0.39, 0.29) is 18.0 Å². The number of ether oxygens (including phenoxy) is 1. The summed E-state index contributed by atoms with van der Waals surface area (Å²) < 4.78 is 31.8. The minimum atomic E-state index is -3.93. The van der Waals surface area contributed by atoms with E-state index in [9.17, 15) is 13.2 Å². The Kier molecular flexibility index (Phi) is 6.84. The Labute approximate surface area is 157 Å². The summed E-state index contributed by atoms with van der Waals surface area (Å²) in [5, 5.41) is 0.835. The zero-order valence-electron chi connectivity index (χ0n) is 13.5. The molecular formula is C17H17Cl2NO4S. The highest BCUT2D eigenvalue weighted by atomic mass is 35.5. The summed E-state index contributed by atoms with van der Waals surface area (Å²) in [5.41, 5.74) is 0.694. The van der Waals surface area contributed by atoms with Crippen LogP contribution in [0.2, 0.25) is 10.0 Å². The topological polar surface area (TPSA) is 63.7 Å². The van der Waals surface area contributed by atoms with E-state index in [1.54, 1.807) is 43.3 Å². The zero-order valence-corrected chi connectivity index (χ0v) is 15.8. The summed E-state index contributed by atoms with van der Waals surface area (Å²) in [4.78, 5) is 11.9. The van der Waals surface area contributed by atoms with Crippen LogP contribution in [0.3, 0.4) is 0 Å². The third-order valence-electron chi connectivity index (χ3n) is 3.32. The smallest absolute Gasteiger partial charge is 0.321 e. The summed E-state index contributed by atoms with van der Waals surface area (Å²) in [6.07, 6.45) is 0. The Balaban J connectivity index is 2.35. The van der Waals surface area contributed by atoms with Crippen molar-refractivity contribution in [3.05, 3.63) is 64.1 Å². The van der Waals surface area contributed by atoms with Crippen molar-refractivity contribution in [3.8, 4) is 0 Å². The molecule has 0 spiro atoms. The molecule has 2 aromatic carbocycles. The Morgan fingerprint density at radius 2 is 1.76 bits per heavy atom. The maximum atomic E-state index is 12.9. The molecule has 134 valence electrons. The molecular weight excluding hydrogens is 385 g/mol. The Hall–Kier alpha value is -1.60. The molecule has 0 N–H and O–H groups in total. The molecule has 2 aromatic rings. The fourth-order valence-corrected chi connectivity index (χ4v) is 3.95. The van der Waals surface area contributed by atoms with Crippen LogP contribution in [0.15, 0.2) is 53.4 Å². The highest BCUT2D eigenvalue weighted by Crippen LogP contribution is 2.22. The lowest BCUT2D eigenvalue weighted by molar-refractivity contribution is -0.143. The van der Waals surface area contributed by atoms with Crippen molar-refractivity contribution < 1.29 is 17.9 Å². The zero-order chi connectivity index (χ0) is 18.4. The number of carbonyl (C=O) groups excluding carboxylic acids is 1. The van der Waals surface area contributed by atoms with Gasteiger partial charge in [0.15, 0.2) is 0 Å². The summed E-state index contributed by atoms with van der Waals surface area (Å²) in [6.45, 7) is 1.44. The molecule has 0 aromatic heterocycles. The number of rotatable bonds is 7. The van der Waals surface area contributed by atoms with Gasteiger partial charge in [-0.2, -0.15) is 4.31 Å². The van der Waals surface area contributed by atoms with Crippen molar-refractivity contribution in [2.75, 3.05) is 13.2 Å². The molecule has 0 aliphatic carbocycles. The molecule has 0 aliphatic heterocycles. The molecule has 0 fully saturated rings. The van der Waals surface area contributed by atoms with Crippen molar-refractivity contribution in [1.29, 1.82) is 0 Å². The molecule has 5 nitrogen and oxygen atoms in total. The minimum absolute atomic E-state index is 0.00479. The molecule has 0 atom stereocenters. The van der Waals surface area contributed by atoms with Gasteiger partial charge in [0.1, 0.15) is 6.54 Å². The van der Waals surface area contributed by atoms with E-state index < -0.39 is 22.5 Å². The minimum Gasteiger partial charge on any atom is -0.465 e. The number of benzene rings is 2. The monoisotopic (exact) mass is 401 g/mol. The molecule has 0 bridgehead atoms. The molecule has 8 heteroatoms. The van der Waals surface area contributed by atoms with Crippen LogP contribution in [0.4, 0.5) is 0 Å². The van der Waals surface area contributed by atoms with E-state index in [4.69, 9.17) is 27.9 Å². The SMILES string of the molecule is CCOC(=O)CN(Cc1ccc(Cl)cc1)S(=O)(=O)c1cccc(Cl)c1. The fourth-order valence-electron chi connectivity index (χ4n) is 2.15. The number of sulfonamides is 1. The van der Waals surface area contributed by atoms with Crippen molar-refractivity contribution in [2.24, 2.45) is 0 Å². The van der Waals surface area contributed by atoms with Crippen molar-refractivity contribution in [1.82, 2.24) is 4.31 Å². The van der Waals surface area contributed by atoms with Crippen molar-refractivity contribution in [2.45, 2.75) is 18.4 Å². The van der Waals surface area contributed by atoms with Gasteiger partial charge >= 0.3 is 5.97 Å². The number of halogens is 2. The van der Waals surface area contributed by atoms with Gasteiger partial charge < -0.3 is 4.74 Å². The first-order chi connectivity index (χ1) is 11.8. The lowest BCUT2D eigenvalue weighted by atomic mass is 10.2. The molecule has 0 radical (unpaired) electrons. The van der Waals surface area contributed by atoms with Gasteiger partial charge in [0.25, 0.3) is 0 Å². The second-order valence-corrected chi connectivity index (χ2v) is 7.97. The predicted molar refractivity (Wildman–Crippen MR) is 97.1 cm³/mol. The molecule has 25 heavy (non-hydrogen) atoms. The van der Waals surface area contributed by atoms with Crippen LogP contribution in [-0.2, 0) is 26.1 Å². The highest BCUT2D eigenvalue weighted by molar-refractivity contribution is 7.89. The number of hydrogen-bond acceptors (Lipinski definition) is 4. The van der Waals surface area contributed by atoms with E-state index in [1.807, 2.05) is 0 Å². The average Bonchev–Trinajstić information content (AvgIpc) is 2.56. The Bertz CT molecular complexity index is 838. The second-order valence-electron chi connectivity index (χ2n) is 5.16. The first kappa shape index (κ1) is 19.7. The number of esters is 1. The van der Waals surface area contributed by atoms with Crippen LogP contribution in [-0.4, -0.2) is 31.8 Å². The van der Waals surface area contributed by atoms with E-state index in [0.717, 1.165) is 4.31 Å². The summed E-state index contributed by atoms with van der Waals surface area (Å²) in [7, 11) is -3.93. The molecule has 2 rings (SSSR count). The van der Waals surface area contributed by atoms with Crippen molar-refractivity contribution >= 4 is 39.2 Å².